The van der Waals surface area contributed by atoms with Crippen LogP contribution in [0.5, 0.6) is 0 Å². The molecule has 2 aliphatic rings. The van der Waals surface area contributed by atoms with E-state index in [9.17, 15) is 13.2 Å². The molecule has 6 nitrogen and oxygen atoms in total. The third-order valence-corrected chi connectivity index (χ3v) is 5.77. The molecule has 0 bridgehead atoms. The van der Waals surface area contributed by atoms with E-state index in [1.807, 2.05) is 16.7 Å². The maximum absolute atomic E-state index is 12.5. The van der Waals surface area contributed by atoms with E-state index in [1.54, 1.807) is 0 Å². The first-order valence-electron chi connectivity index (χ1n) is 7.51. The van der Waals surface area contributed by atoms with E-state index in [4.69, 9.17) is 0 Å². The first kappa shape index (κ1) is 17.1. The standard InChI is InChI=1S/C13H25N3O3S2/c1-21(18,19)15-9-12-4-2-3-6-16(12)13(17)8-11-10-20-7-5-14-11/h11-12,14-15H,2-10H2,1H3. The van der Waals surface area contributed by atoms with Crippen molar-refractivity contribution < 1.29 is 13.2 Å². The molecular formula is C13H25N3O3S2. The lowest BCUT2D eigenvalue weighted by molar-refractivity contribution is -0.135. The Morgan fingerprint density at radius 3 is 2.90 bits per heavy atom. The summed E-state index contributed by atoms with van der Waals surface area (Å²) in [5.74, 6) is 2.23. The highest BCUT2D eigenvalue weighted by Crippen LogP contribution is 2.19. The van der Waals surface area contributed by atoms with Crippen LogP contribution in [0.2, 0.25) is 0 Å². The number of thioether (sulfide) groups is 1. The molecule has 2 aliphatic heterocycles. The number of carbonyl (C=O) groups excluding carboxylic acids is 1. The summed E-state index contributed by atoms with van der Waals surface area (Å²) in [5.41, 5.74) is 0. The van der Waals surface area contributed by atoms with Crippen molar-refractivity contribution in [3.05, 3.63) is 0 Å². The molecule has 21 heavy (non-hydrogen) atoms. The molecule has 0 saturated carbocycles. The molecule has 2 rings (SSSR count). The summed E-state index contributed by atoms with van der Waals surface area (Å²) < 4.78 is 25.0. The average molecular weight is 335 g/mol. The van der Waals surface area contributed by atoms with Crippen molar-refractivity contribution in [1.29, 1.82) is 0 Å². The number of hydrogen-bond acceptors (Lipinski definition) is 5. The Kier molecular flexibility index (Phi) is 6.34. The van der Waals surface area contributed by atoms with Gasteiger partial charge in [-0.2, -0.15) is 11.8 Å². The second-order valence-corrected chi connectivity index (χ2v) is 8.77. The fraction of sp³-hybridized carbons (Fsp3) is 0.923. The molecule has 0 spiro atoms. The fourth-order valence-corrected chi connectivity index (χ4v) is 4.31. The molecule has 0 aliphatic carbocycles. The second kappa shape index (κ2) is 7.80. The van der Waals surface area contributed by atoms with Crippen LogP contribution in [-0.4, -0.2) is 68.7 Å². The Hall–Kier alpha value is -0.310. The van der Waals surface area contributed by atoms with Gasteiger partial charge in [0.15, 0.2) is 0 Å². The summed E-state index contributed by atoms with van der Waals surface area (Å²) in [5, 5.41) is 3.38. The van der Waals surface area contributed by atoms with Crippen LogP contribution in [0.3, 0.4) is 0 Å². The first-order chi connectivity index (χ1) is 9.96. The molecule has 0 aromatic rings. The summed E-state index contributed by atoms with van der Waals surface area (Å²) in [6.07, 6.45) is 4.61. The number of nitrogens with zero attached hydrogens (tertiary/aromatic N) is 1. The molecule has 2 unspecified atom stereocenters. The van der Waals surface area contributed by atoms with Gasteiger partial charge in [0.05, 0.1) is 6.26 Å². The number of hydrogen-bond donors (Lipinski definition) is 2. The zero-order valence-electron chi connectivity index (χ0n) is 12.5. The number of nitrogens with one attached hydrogen (secondary N) is 2. The van der Waals surface area contributed by atoms with Gasteiger partial charge in [-0.15, -0.1) is 0 Å². The van der Waals surface area contributed by atoms with Crippen LogP contribution in [0.4, 0.5) is 0 Å². The minimum absolute atomic E-state index is 0.00258. The molecule has 2 atom stereocenters. The third kappa shape index (κ3) is 5.77. The van der Waals surface area contributed by atoms with Crippen molar-refractivity contribution >= 4 is 27.7 Å². The van der Waals surface area contributed by atoms with Gasteiger partial charge in [-0.25, -0.2) is 13.1 Å². The summed E-state index contributed by atoms with van der Waals surface area (Å²) in [4.78, 5) is 14.4. The Labute approximate surface area is 131 Å². The molecule has 8 heteroatoms. The topological polar surface area (TPSA) is 78.5 Å². The Morgan fingerprint density at radius 2 is 2.24 bits per heavy atom. The average Bonchev–Trinajstić information content (AvgIpc) is 2.46. The number of piperidine rings is 1. The number of sulfonamides is 1. The molecule has 2 N–H and O–H groups in total. The highest BCUT2D eigenvalue weighted by Gasteiger charge is 2.29. The van der Waals surface area contributed by atoms with Crippen LogP contribution < -0.4 is 10.0 Å². The molecule has 2 fully saturated rings. The summed E-state index contributed by atoms with van der Waals surface area (Å²) in [6.45, 7) is 2.04. The lowest BCUT2D eigenvalue weighted by Gasteiger charge is -2.37. The molecular weight excluding hydrogens is 310 g/mol. The number of amides is 1. The summed E-state index contributed by atoms with van der Waals surface area (Å²) in [7, 11) is -3.20. The highest BCUT2D eigenvalue weighted by molar-refractivity contribution is 7.99. The van der Waals surface area contributed by atoms with Gasteiger partial charge in [-0.05, 0) is 19.3 Å². The van der Waals surface area contributed by atoms with E-state index < -0.39 is 10.0 Å². The smallest absolute Gasteiger partial charge is 0.224 e. The molecule has 2 saturated heterocycles. The van der Waals surface area contributed by atoms with Gasteiger partial charge < -0.3 is 10.2 Å². The molecule has 0 aromatic carbocycles. The van der Waals surface area contributed by atoms with Gasteiger partial charge in [-0.1, -0.05) is 0 Å². The summed E-state index contributed by atoms with van der Waals surface area (Å²) in [6, 6.07) is 0.249. The van der Waals surface area contributed by atoms with Gasteiger partial charge in [0.25, 0.3) is 0 Å². The normalized spacial score (nSPS) is 27.6. The van der Waals surface area contributed by atoms with E-state index in [0.717, 1.165) is 50.1 Å². The van der Waals surface area contributed by atoms with Gasteiger partial charge in [0.2, 0.25) is 15.9 Å². The van der Waals surface area contributed by atoms with Crippen LogP contribution in [0, 0.1) is 0 Å². The van der Waals surface area contributed by atoms with E-state index in [1.165, 1.54) is 0 Å². The number of likely N-dealkylation sites (tertiary alicyclic amines) is 1. The third-order valence-electron chi connectivity index (χ3n) is 3.95. The van der Waals surface area contributed by atoms with E-state index >= 15 is 0 Å². The molecule has 2 heterocycles. The van der Waals surface area contributed by atoms with Gasteiger partial charge in [0.1, 0.15) is 0 Å². The molecule has 0 radical (unpaired) electrons. The minimum atomic E-state index is -3.20. The first-order valence-corrected chi connectivity index (χ1v) is 10.6. The van der Waals surface area contributed by atoms with Crippen LogP contribution in [0.15, 0.2) is 0 Å². The van der Waals surface area contributed by atoms with Crippen LogP contribution >= 0.6 is 11.8 Å². The molecule has 1 amide bonds. The van der Waals surface area contributed by atoms with Crippen LogP contribution in [0.25, 0.3) is 0 Å². The predicted octanol–water partition coefficient (Wildman–Crippen LogP) is 0.0118. The van der Waals surface area contributed by atoms with E-state index in [-0.39, 0.29) is 18.0 Å². The zero-order valence-corrected chi connectivity index (χ0v) is 14.1. The van der Waals surface area contributed by atoms with E-state index in [2.05, 4.69) is 10.0 Å². The van der Waals surface area contributed by atoms with Gasteiger partial charge in [0, 0.05) is 49.6 Å². The van der Waals surface area contributed by atoms with Crippen LogP contribution in [-0.2, 0) is 14.8 Å². The molecule has 0 aromatic heterocycles. The molecule has 122 valence electrons. The van der Waals surface area contributed by atoms with E-state index in [0.29, 0.717) is 13.0 Å². The van der Waals surface area contributed by atoms with Crippen molar-refractivity contribution in [3.8, 4) is 0 Å². The highest BCUT2D eigenvalue weighted by atomic mass is 32.2. The zero-order chi connectivity index (χ0) is 15.3. The van der Waals surface area contributed by atoms with Gasteiger partial charge >= 0.3 is 0 Å². The van der Waals surface area contributed by atoms with Gasteiger partial charge in [-0.3, -0.25) is 4.79 Å². The van der Waals surface area contributed by atoms with Crippen molar-refractivity contribution in [2.24, 2.45) is 0 Å². The maximum atomic E-state index is 12.5. The Bertz CT molecular complexity index is 450. The summed E-state index contributed by atoms with van der Waals surface area (Å²) >= 11 is 1.88. The quantitative estimate of drug-likeness (QED) is 0.740. The second-order valence-electron chi connectivity index (χ2n) is 5.79. The SMILES string of the molecule is CS(=O)(=O)NCC1CCCCN1C(=O)CC1CSCCN1. The van der Waals surface area contributed by atoms with Crippen molar-refractivity contribution in [1.82, 2.24) is 14.9 Å². The lowest BCUT2D eigenvalue weighted by atomic mass is 10.0. The van der Waals surface area contributed by atoms with Crippen molar-refractivity contribution in [2.45, 2.75) is 37.8 Å². The number of carbonyl (C=O) groups is 1. The monoisotopic (exact) mass is 335 g/mol. The minimum Gasteiger partial charge on any atom is -0.338 e. The predicted molar refractivity (Wildman–Crippen MR) is 85.9 cm³/mol. The number of rotatable bonds is 5. The fourth-order valence-electron chi connectivity index (χ4n) is 2.87. The largest absolute Gasteiger partial charge is 0.338 e. The van der Waals surface area contributed by atoms with Crippen molar-refractivity contribution in [2.75, 3.05) is 37.4 Å². The van der Waals surface area contributed by atoms with Crippen molar-refractivity contribution in [3.63, 3.8) is 0 Å². The Balaban J connectivity index is 1.88. The Morgan fingerprint density at radius 1 is 1.43 bits per heavy atom. The van der Waals surface area contributed by atoms with Crippen LogP contribution in [0.1, 0.15) is 25.7 Å². The lowest BCUT2D eigenvalue weighted by Crippen LogP contribution is -2.51. The maximum Gasteiger partial charge on any atom is 0.224 e.